The predicted octanol–water partition coefficient (Wildman–Crippen LogP) is 2.07. The van der Waals surface area contributed by atoms with Crippen molar-refractivity contribution in [2.24, 2.45) is 0 Å². The molecule has 2 fully saturated rings. The molecule has 0 radical (unpaired) electrons. The van der Waals surface area contributed by atoms with E-state index < -0.39 is 150 Å². The van der Waals surface area contributed by atoms with Crippen molar-refractivity contribution < 1.29 is 106 Å². The van der Waals surface area contributed by atoms with Gasteiger partial charge in [0.15, 0.2) is 36.2 Å². The van der Waals surface area contributed by atoms with E-state index in [1.165, 1.54) is 56.5 Å². The molecule has 0 bridgehead atoms. The molecule has 0 spiro atoms. The van der Waals surface area contributed by atoms with E-state index in [1.54, 1.807) is 0 Å². The highest BCUT2D eigenvalue weighted by atomic mass is 16.7. The van der Waals surface area contributed by atoms with Crippen LogP contribution in [0.2, 0.25) is 0 Å². The number of aliphatic hydroxyl groups excluding tert-OH is 1. The number of methoxy groups -OCH3 is 2. The molecule has 1 amide bonds. The van der Waals surface area contributed by atoms with Gasteiger partial charge in [0.2, 0.25) is 18.2 Å². The van der Waals surface area contributed by atoms with Crippen LogP contribution < -0.4 is 14.8 Å². The molecule has 4 aliphatic rings. The maximum absolute atomic E-state index is 14.0. The monoisotopic (exact) mass is 993 g/mol. The second-order valence-corrected chi connectivity index (χ2v) is 17.2. The zero-order valence-corrected chi connectivity index (χ0v) is 39.3. The van der Waals surface area contributed by atoms with E-state index in [-0.39, 0.29) is 46.8 Å². The highest BCUT2D eigenvalue weighted by Gasteiger charge is 2.56. The normalized spacial score (nSPS) is 27.6. The Bertz CT molecular complexity index is 2650. The van der Waals surface area contributed by atoms with Gasteiger partial charge in [0.25, 0.3) is 0 Å². The molecule has 2 aliphatic heterocycles. The SMILES string of the molecule is COC(=O)[C@H]1O[C@@H](Oc2ccc(COC(=O)N[C@H]3C[C@H](O[C@H]4C[C@](O)(C(C)=O)Cc5c(O)c6c(c(O)c54)C(=O)c4c(OC)cccc4C6=O)O[C@@H](C)[C@H]3O)cc2)[C@H](OC(C)=O)[C@@H](OC(C)=O)[C@@H]1OC(C)=O. The molecule has 7 rings (SSSR count). The molecule has 0 unspecified atom stereocenters. The number of benzene rings is 3. The number of phenolic OH excluding ortho intramolecular Hbond substituents is 2. The van der Waals surface area contributed by atoms with Gasteiger partial charge in [-0.15, -0.1) is 0 Å². The Hall–Kier alpha value is -7.18. The fraction of sp³-hybridized carbons (Fsp3) is 0.458. The lowest BCUT2D eigenvalue weighted by molar-refractivity contribution is -0.282. The largest absolute Gasteiger partial charge is 0.507 e. The fourth-order valence-electron chi connectivity index (χ4n) is 9.08. The number of Topliss-reactive ketones (excluding diaryl/α,β-unsaturated/α-hetero) is 1. The number of esters is 4. The maximum Gasteiger partial charge on any atom is 0.407 e. The lowest BCUT2D eigenvalue weighted by Gasteiger charge is -2.43. The Morgan fingerprint density at radius 3 is 2.06 bits per heavy atom. The highest BCUT2D eigenvalue weighted by Crippen LogP contribution is 2.52. The Morgan fingerprint density at radius 1 is 0.803 bits per heavy atom. The van der Waals surface area contributed by atoms with Gasteiger partial charge in [-0.3, -0.25) is 28.8 Å². The summed E-state index contributed by atoms with van der Waals surface area (Å²) in [5.74, 6) is -7.37. The minimum Gasteiger partial charge on any atom is -0.507 e. The second kappa shape index (κ2) is 20.7. The summed E-state index contributed by atoms with van der Waals surface area (Å²) >= 11 is 0. The molecule has 3 aromatic carbocycles. The van der Waals surface area contributed by atoms with Crippen LogP contribution >= 0.6 is 0 Å². The van der Waals surface area contributed by atoms with Gasteiger partial charge in [0.1, 0.15) is 41.3 Å². The van der Waals surface area contributed by atoms with Crippen LogP contribution in [0.5, 0.6) is 23.0 Å². The molecule has 71 heavy (non-hydrogen) atoms. The molecule has 0 saturated carbocycles. The molecular weight excluding hydrogens is 943 g/mol. The van der Waals surface area contributed by atoms with Crippen LogP contribution in [0.3, 0.4) is 0 Å². The van der Waals surface area contributed by atoms with Crippen molar-refractivity contribution in [2.75, 3.05) is 14.2 Å². The van der Waals surface area contributed by atoms with Crippen molar-refractivity contribution in [3.8, 4) is 23.0 Å². The summed E-state index contributed by atoms with van der Waals surface area (Å²) in [6.07, 6.45) is -15.5. The average molecular weight is 994 g/mol. The third-order valence-electron chi connectivity index (χ3n) is 12.4. The Kier molecular flexibility index (Phi) is 15.0. The number of hydrogen-bond donors (Lipinski definition) is 5. The van der Waals surface area contributed by atoms with Crippen molar-refractivity contribution in [1.29, 1.82) is 0 Å². The second-order valence-electron chi connectivity index (χ2n) is 17.2. The number of alkyl carbamates (subject to hydrolysis) is 1. The Morgan fingerprint density at radius 2 is 1.44 bits per heavy atom. The zero-order chi connectivity index (χ0) is 51.8. The maximum atomic E-state index is 14.0. The number of aromatic hydroxyl groups is 2. The van der Waals surface area contributed by atoms with E-state index in [1.807, 2.05) is 0 Å². The molecule has 3 aromatic rings. The van der Waals surface area contributed by atoms with Crippen molar-refractivity contribution in [1.82, 2.24) is 5.32 Å². The predicted molar refractivity (Wildman–Crippen MR) is 234 cm³/mol. The highest BCUT2D eigenvalue weighted by molar-refractivity contribution is 6.31. The van der Waals surface area contributed by atoms with E-state index >= 15 is 0 Å². The molecule has 23 nitrogen and oxygen atoms in total. The number of rotatable bonds is 13. The first kappa shape index (κ1) is 51.7. The van der Waals surface area contributed by atoms with E-state index in [0.29, 0.717) is 5.56 Å². The third-order valence-corrected chi connectivity index (χ3v) is 12.4. The summed E-state index contributed by atoms with van der Waals surface area (Å²) < 4.78 is 55.5. The first-order valence-corrected chi connectivity index (χ1v) is 22.1. The van der Waals surface area contributed by atoms with Gasteiger partial charge in [-0.25, -0.2) is 9.59 Å². The summed E-state index contributed by atoms with van der Waals surface area (Å²) in [4.78, 5) is 103. The number of phenols is 2. The van der Waals surface area contributed by atoms with E-state index in [2.05, 4.69) is 5.32 Å². The van der Waals surface area contributed by atoms with Crippen LogP contribution in [-0.4, -0.2) is 143 Å². The quantitative estimate of drug-likeness (QED) is 0.0727. The van der Waals surface area contributed by atoms with Gasteiger partial charge in [-0.1, -0.05) is 24.3 Å². The number of nitrogens with one attached hydrogen (secondary N) is 1. The van der Waals surface area contributed by atoms with Gasteiger partial charge in [0, 0.05) is 56.7 Å². The number of aliphatic hydroxyl groups is 2. The van der Waals surface area contributed by atoms with Crippen LogP contribution in [0.1, 0.15) is 102 Å². The van der Waals surface area contributed by atoms with Crippen LogP contribution in [0.4, 0.5) is 4.79 Å². The van der Waals surface area contributed by atoms with Crippen molar-refractivity contribution in [3.63, 3.8) is 0 Å². The zero-order valence-electron chi connectivity index (χ0n) is 39.3. The van der Waals surface area contributed by atoms with Gasteiger partial charge in [-0.2, -0.15) is 0 Å². The minimum atomic E-state index is -2.18. The van der Waals surface area contributed by atoms with Crippen LogP contribution in [-0.2, 0) is 74.9 Å². The molecule has 11 atom stereocenters. The summed E-state index contributed by atoms with van der Waals surface area (Å²) in [6.45, 7) is 5.41. The number of carbonyl (C=O) groups excluding carboxylic acids is 8. The van der Waals surface area contributed by atoms with Crippen LogP contribution in [0.15, 0.2) is 42.5 Å². The van der Waals surface area contributed by atoms with Gasteiger partial charge < -0.3 is 73.1 Å². The number of fused-ring (bicyclic) bond motifs is 3. The van der Waals surface area contributed by atoms with Crippen LogP contribution in [0, 0.1) is 0 Å². The van der Waals surface area contributed by atoms with Gasteiger partial charge in [0.05, 0.1) is 49.2 Å². The first-order valence-electron chi connectivity index (χ1n) is 22.1. The summed E-state index contributed by atoms with van der Waals surface area (Å²) in [5, 5.41) is 48.8. The van der Waals surface area contributed by atoms with E-state index in [4.69, 9.17) is 47.4 Å². The summed E-state index contributed by atoms with van der Waals surface area (Å²) in [6, 6.07) is 8.99. The van der Waals surface area contributed by atoms with Crippen molar-refractivity contribution in [3.05, 3.63) is 81.4 Å². The van der Waals surface area contributed by atoms with Crippen molar-refractivity contribution >= 4 is 47.3 Å². The van der Waals surface area contributed by atoms with E-state index in [0.717, 1.165) is 34.8 Å². The summed E-state index contributed by atoms with van der Waals surface area (Å²) in [5.41, 5.74) is -3.47. The average Bonchev–Trinajstić information content (AvgIpc) is 3.31. The van der Waals surface area contributed by atoms with Crippen molar-refractivity contribution in [2.45, 2.75) is 127 Å². The Balaban J connectivity index is 1.05. The third kappa shape index (κ3) is 10.4. The number of ether oxygens (including phenoxy) is 10. The Labute approximate surface area is 404 Å². The molecule has 23 heteroatoms. The number of ketones is 3. The first-order chi connectivity index (χ1) is 33.6. The van der Waals surface area contributed by atoms with Gasteiger partial charge >= 0.3 is 30.0 Å². The molecule has 2 saturated heterocycles. The molecule has 0 aromatic heterocycles. The van der Waals surface area contributed by atoms with Crippen LogP contribution in [0.25, 0.3) is 0 Å². The molecule has 5 N–H and O–H groups in total. The van der Waals surface area contributed by atoms with E-state index in [9.17, 15) is 58.8 Å². The topological polar surface area (TPSA) is 322 Å². The fourth-order valence-corrected chi connectivity index (χ4v) is 9.08. The lowest BCUT2D eigenvalue weighted by Crippen LogP contribution is -2.64. The van der Waals surface area contributed by atoms with Gasteiger partial charge in [-0.05, 0) is 37.6 Å². The number of hydrogen-bond acceptors (Lipinski definition) is 22. The molecule has 2 aliphatic carbocycles. The minimum absolute atomic E-state index is 0.0425. The summed E-state index contributed by atoms with van der Waals surface area (Å²) in [7, 11) is 2.34. The number of amides is 1. The molecule has 380 valence electrons. The lowest BCUT2D eigenvalue weighted by atomic mass is 9.72. The standard InChI is InChI=1S/C48H51NO22/c1-19-36(54)28(49-47(60)64-18-24-11-13-25(14-12-24)69-46-44(68-23(5)53)42(67-22(4)52)41(66-21(3)51)43(71-46)45(59)63-7)15-31(65-19)70-30-17-48(61,20(2)50)16-27-33(30)40(58)35-34(38(27)56)37(55)26-9-8-10-29(62-6)32(26)39(35)57/h8-14,19,28,30-31,36,41-44,46,54,56,58,61H,15-18H2,1-7H3,(H,49,60)/t19-,28-,30-,31-,36+,41-,42-,43-,44+,46+,48-/m0/s1. The number of carbonyl (C=O) groups is 8. The smallest absolute Gasteiger partial charge is 0.407 e. The molecular formula is C48H51NO22. The molecule has 2 heterocycles.